The van der Waals surface area contributed by atoms with Crippen molar-refractivity contribution < 1.29 is 24.0 Å². The van der Waals surface area contributed by atoms with Gasteiger partial charge in [-0.1, -0.05) is 0 Å². The number of rotatable bonds is 9. The number of carbonyl (C=O) groups is 2. The Labute approximate surface area is 165 Å². The number of nitrogens with zero attached hydrogens (tertiary/aromatic N) is 4. The zero-order chi connectivity index (χ0) is 20.8. The lowest BCUT2D eigenvalue weighted by Gasteiger charge is -2.21. The lowest BCUT2D eigenvalue weighted by molar-refractivity contribution is -0.384. The van der Waals surface area contributed by atoms with Crippen molar-refractivity contribution in [3.05, 3.63) is 40.2 Å². The molecule has 1 atom stereocenters. The summed E-state index contributed by atoms with van der Waals surface area (Å²) in [5.41, 5.74) is 0.337. The van der Waals surface area contributed by atoms with E-state index in [1.54, 1.807) is 7.11 Å². The van der Waals surface area contributed by atoms with E-state index in [4.69, 9.17) is 9.47 Å². The van der Waals surface area contributed by atoms with Gasteiger partial charge in [0.1, 0.15) is 6.61 Å². The average Bonchev–Trinajstić information content (AvgIpc) is 3.07. The SMILES string of the molecule is COCCOCc1nc2n(n1)CC(CC(=O)Nc1ccc([N+](=O)[O-])cc1)C(=O)N2. The Morgan fingerprint density at radius 3 is 2.83 bits per heavy atom. The monoisotopic (exact) mass is 404 g/mol. The highest BCUT2D eigenvalue weighted by atomic mass is 16.6. The van der Waals surface area contributed by atoms with E-state index in [1.165, 1.54) is 28.9 Å². The molecule has 2 amide bonds. The fourth-order valence-electron chi connectivity index (χ4n) is 2.74. The van der Waals surface area contributed by atoms with Crippen LogP contribution in [-0.2, 0) is 32.2 Å². The molecule has 0 spiro atoms. The van der Waals surface area contributed by atoms with Crippen molar-refractivity contribution >= 4 is 29.1 Å². The highest BCUT2D eigenvalue weighted by Crippen LogP contribution is 2.21. The molecule has 3 rings (SSSR count). The van der Waals surface area contributed by atoms with Gasteiger partial charge < -0.3 is 14.8 Å². The van der Waals surface area contributed by atoms with E-state index in [1.807, 2.05) is 0 Å². The summed E-state index contributed by atoms with van der Waals surface area (Å²) in [5.74, 6) is -0.592. The molecule has 0 saturated heterocycles. The minimum Gasteiger partial charge on any atom is -0.382 e. The largest absolute Gasteiger partial charge is 0.382 e. The van der Waals surface area contributed by atoms with Gasteiger partial charge in [-0.3, -0.25) is 25.0 Å². The first-order chi connectivity index (χ1) is 14.0. The first kappa shape index (κ1) is 20.4. The number of nitrogens with one attached hydrogen (secondary N) is 2. The number of amides is 2. The lowest BCUT2D eigenvalue weighted by Crippen LogP contribution is -2.36. The number of methoxy groups -OCH3 is 1. The van der Waals surface area contributed by atoms with Crippen molar-refractivity contribution in [2.45, 2.75) is 19.6 Å². The van der Waals surface area contributed by atoms with Crippen molar-refractivity contribution in [1.29, 1.82) is 0 Å². The summed E-state index contributed by atoms with van der Waals surface area (Å²) in [6.45, 7) is 1.25. The normalized spacial score (nSPS) is 15.5. The molecular weight excluding hydrogens is 384 g/mol. The number of nitro benzene ring substituents is 1. The number of non-ortho nitro benzene ring substituents is 1. The Morgan fingerprint density at radius 2 is 2.14 bits per heavy atom. The lowest BCUT2D eigenvalue weighted by atomic mass is 10.0. The first-order valence-electron chi connectivity index (χ1n) is 8.82. The number of carbonyl (C=O) groups excluding carboxylic acids is 2. The van der Waals surface area contributed by atoms with E-state index in [-0.39, 0.29) is 37.1 Å². The van der Waals surface area contributed by atoms with E-state index in [0.29, 0.717) is 30.7 Å². The van der Waals surface area contributed by atoms with E-state index in [9.17, 15) is 19.7 Å². The molecule has 0 radical (unpaired) electrons. The van der Waals surface area contributed by atoms with E-state index in [0.717, 1.165) is 0 Å². The third-order valence-electron chi connectivity index (χ3n) is 4.17. The van der Waals surface area contributed by atoms with Crippen LogP contribution in [0.1, 0.15) is 12.2 Å². The van der Waals surface area contributed by atoms with Gasteiger partial charge in [0, 0.05) is 31.4 Å². The molecule has 1 unspecified atom stereocenters. The molecule has 1 aliphatic heterocycles. The van der Waals surface area contributed by atoms with Gasteiger partial charge in [0.2, 0.25) is 17.8 Å². The summed E-state index contributed by atoms with van der Waals surface area (Å²) in [7, 11) is 1.57. The van der Waals surface area contributed by atoms with E-state index in [2.05, 4.69) is 20.7 Å². The molecule has 2 aromatic rings. The van der Waals surface area contributed by atoms with Crippen LogP contribution in [0.15, 0.2) is 24.3 Å². The zero-order valence-electron chi connectivity index (χ0n) is 15.7. The van der Waals surface area contributed by atoms with Gasteiger partial charge >= 0.3 is 0 Å². The van der Waals surface area contributed by atoms with Crippen LogP contribution in [0.5, 0.6) is 0 Å². The number of aromatic nitrogens is 3. The molecular formula is C17H20N6O6. The topological polar surface area (TPSA) is 151 Å². The van der Waals surface area contributed by atoms with Gasteiger partial charge in [0.25, 0.3) is 5.69 Å². The Balaban J connectivity index is 1.55. The summed E-state index contributed by atoms with van der Waals surface area (Å²) in [6, 6.07) is 5.45. The molecule has 154 valence electrons. The summed E-state index contributed by atoms with van der Waals surface area (Å²) in [6.07, 6.45) is -0.0677. The number of benzene rings is 1. The van der Waals surface area contributed by atoms with Gasteiger partial charge in [-0.25, -0.2) is 4.68 Å². The van der Waals surface area contributed by atoms with Crippen LogP contribution in [0, 0.1) is 16.0 Å². The van der Waals surface area contributed by atoms with Crippen LogP contribution < -0.4 is 10.6 Å². The molecule has 0 bridgehead atoms. The minimum absolute atomic E-state index is 0.0677. The maximum Gasteiger partial charge on any atom is 0.269 e. The molecule has 29 heavy (non-hydrogen) atoms. The van der Waals surface area contributed by atoms with Gasteiger partial charge in [0.05, 0.1) is 30.6 Å². The molecule has 1 aromatic carbocycles. The highest BCUT2D eigenvalue weighted by molar-refractivity contribution is 5.98. The first-order valence-corrected chi connectivity index (χ1v) is 8.82. The van der Waals surface area contributed by atoms with Gasteiger partial charge in [0.15, 0.2) is 5.82 Å². The highest BCUT2D eigenvalue weighted by Gasteiger charge is 2.30. The maximum absolute atomic E-state index is 12.3. The number of fused-ring (bicyclic) bond motifs is 1. The second kappa shape index (κ2) is 9.21. The van der Waals surface area contributed by atoms with Crippen LogP contribution in [0.2, 0.25) is 0 Å². The number of hydrogen-bond acceptors (Lipinski definition) is 8. The fraction of sp³-hybridized carbons (Fsp3) is 0.412. The Morgan fingerprint density at radius 1 is 1.38 bits per heavy atom. The molecule has 0 aliphatic carbocycles. The van der Waals surface area contributed by atoms with Crippen molar-refractivity contribution in [2.75, 3.05) is 31.0 Å². The summed E-state index contributed by atoms with van der Waals surface area (Å²) in [5, 5.41) is 20.2. The molecule has 0 saturated carbocycles. The minimum atomic E-state index is -0.621. The van der Waals surface area contributed by atoms with Crippen LogP contribution in [0.4, 0.5) is 17.3 Å². The molecule has 2 N–H and O–H groups in total. The predicted molar refractivity (Wildman–Crippen MR) is 100 cm³/mol. The standard InChI is InChI=1S/C17H20N6O6/c1-28-6-7-29-10-14-19-17-20-16(25)11(9-22(17)21-14)8-15(24)18-12-2-4-13(5-3-12)23(26)27/h2-5,11H,6-10H2,1H3,(H,18,24)(H,19,20,21,25). The fourth-order valence-corrected chi connectivity index (χ4v) is 2.74. The molecule has 1 aliphatic rings. The number of anilines is 2. The summed E-state index contributed by atoms with van der Waals surface area (Å²) < 4.78 is 11.8. The second-order valence-corrected chi connectivity index (χ2v) is 6.32. The van der Waals surface area contributed by atoms with Gasteiger partial charge in [-0.05, 0) is 12.1 Å². The molecule has 12 heteroatoms. The van der Waals surface area contributed by atoms with Crippen LogP contribution >= 0.6 is 0 Å². The molecule has 12 nitrogen and oxygen atoms in total. The van der Waals surface area contributed by atoms with Crippen LogP contribution in [0.3, 0.4) is 0 Å². The average molecular weight is 404 g/mol. The van der Waals surface area contributed by atoms with Gasteiger partial charge in [-0.15, -0.1) is 0 Å². The number of hydrogen-bond donors (Lipinski definition) is 2. The Kier molecular flexibility index (Phi) is 6.46. The number of ether oxygens (including phenoxy) is 2. The van der Waals surface area contributed by atoms with Crippen molar-refractivity contribution in [3.8, 4) is 0 Å². The zero-order valence-corrected chi connectivity index (χ0v) is 15.7. The van der Waals surface area contributed by atoms with Crippen LogP contribution in [0.25, 0.3) is 0 Å². The molecule has 1 aromatic heterocycles. The third kappa shape index (κ3) is 5.33. The van der Waals surface area contributed by atoms with Crippen molar-refractivity contribution in [3.63, 3.8) is 0 Å². The Bertz CT molecular complexity index is 896. The number of nitro groups is 1. The van der Waals surface area contributed by atoms with Gasteiger partial charge in [-0.2, -0.15) is 10.1 Å². The van der Waals surface area contributed by atoms with E-state index >= 15 is 0 Å². The maximum atomic E-state index is 12.3. The summed E-state index contributed by atoms with van der Waals surface area (Å²) in [4.78, 5) is 38.9. The quantitative estimate of drug-likeness (QED) is 0.356. The van der Waals surface area contributed by atoms with Crippen molar-refractivity contribution in [2.24, 2.45) is 5.92 Å². The summed E-state index contributed by atoms with van der Waals surface area (Å²) >= 11 is 0. The Hall–Kier alpha value is -3.38. The van der Waals surface area contributed by atoms with Crippen LogP contribution in [-0.4, -0.2) is 51.8 Å². The molecule has 2 heterocycles. The third-order valence-corrected chi connectivity index (χ3v) is 4.17. The van der Waals surface area contributed by atoms with E-state index < -0.39 is 10.8 Å². The van der Waals surface area contributed by atoms with Crippen molar-refractivity contribution in [1.82, 2.24) is 14.8 Å². The molecule has 0 fully saturated rings. The smallest absolute Gasteiger partial charge is 0.269 e. The predicted octanol–water partition coefficient (Wildman–Crippen LogP) is 0.946. The second-order valence-electron chi connectivity index (χ2n) is 6.32.